The van der Waals surface area contributed by atoms with Crippen molar-refractivity contribution in [2.24, 2.45) is 11.1 Å². The van der Waals surface area contributed by atoms with Crippen molar-refractivity contribution in [3.8, 4) is 0 Å². The molecule has 5 heteroatoms. The van der Waals surface area contributed by atoms with Gasteiger partial charge in [0.15, 0.2) is 0 Å². The van der Waals surface area contributed by atoms with Crippen LogP contribution in [-0.2, 0) is 10.3 Å². The summed E-state index contributed by atoms with van der Waals surface area (Å²) < 4.78 is 11.0. The smallest absolute Gasteiger partial charge is 0.231 e. The Hall–Kier alpha value is -0.940. The molecule has 1 saturated carbocycles. The second-order valence-corrected chi connectivity index (χ2v) is 6.71. The summed E-state index contributed by atoms with van der Waals surface area (Å²) >= 11 is 0. The number of hydrogen-bond acceptors (Lipinski definition) is 5. The molecule has 0 aliphatic heterocycles. The average Bonchev–Trinajstić information content (AvgIpc) is 2.74. The number of nitrogens with two attached hydrogens (primary N) is 1. The van der Waals surface area contributed by atoms with Crippen molar-refractivity contribution in [1.82, 2.24) is 10.1 Å². The second-order valence-electron chi connectivity index (χ2n) is 6.71. The largest absolute Gasteiger partial charge is 0.370 e. The predicted molar refractivity (Wildman–Crippen MR) is 72.7 cm³/mol. The maximum atomic E-state index is 5.85. The first-order valence-corrected chi connectivity index (χ1v) is 6.99. The van der Waals surface area contributed by atoms with Crippen LogP contribution in [0.15, 0.2) is 4.52 Å². The molecule has 1 aromatic rings. The number of methoxy groups -OCH3 is 1. The maximum Gasteiger partial charge on any atom is 0.231 e. The molecule has 0 bridgehead atoms. The fraction of sp³-hybridized carbons (Fsp3) is 0.857. The van der Waals surface area contributed by atoms with Crippen molar-refractivity contribution in [2.45, 2.75) is 58.0 Å². The van der Waals surface area contributed by atoms with Gasteiger partial charge in [-0.25, -0.2) is 0 Å². The lowest BCUT2D eigenvalue weighted by molar-refractivity contribution is -0.0858. The highest BCUT2D eigenvalue weighted by molar-refractivity contribution is 5.08. The van der Waals surface area contributed by atoms with E-state index in [0.29, 0.717) is 18.3 Å². The zero-order valence-corrected chi connectivity index (χ0v) is 12.4. The zero-order chi connectivity index (χ0) is 14.1. The molecule has 5 nitrogen and oxygen atoms in total. The molecule has 19 heavy (non-hydrogen) atoms. The number of rotatable bonds is 5. The minimum Gasteiger partial charge on any atom is -0.370 e. The molecule has 2 rings (SSSR count). The summed E-state index contributed by atoms with van der Waals surface area (Å²) in [7, 11) is 1.71. The lowest BCUT2D eigenvalue weighted by Crippen LogP contribution is -2.37. The fourth-order valence-electron chi connectivity index (χ4n) is 2.61. The van der Waals surface area contributed by atoms with Crippen LogP contribution in [0.3, 0.4) is 0 Å². The molecule has 108 valence electrons. The Morgan fingerprint density at radius 3 is 2.53 bits per heavy atom. The number of hydrogen-bond donors (Lipinski definition) is 1. The summed E-state index contributed by atoms with van der Waals surface area (Å²) in [5.74, 6) is 1.45. The monoisotopic (exact) mass is 267 g/mol. The SMILES string of the molecule is COC1(c2noc(C(CN)CC(C)(C)C)n2)CCC1. The Morgan fingerprint density at radius 1 is 1.42 bits per heavy atom. The van der Waals surface area contributed by atoms with E-state index in [0.717, 1.165) is 25.7 Å². The predicted octanol–water partition coefficient (Wildman–Crippen LogP) is 2.57. The molecular formula is C14H25N3O2. The van der Waals surface area contributed by atoms with Crippen LogP contribution in [0.4, 0.5) is 0 Å². The van der Waals surface area contributed by atoms with Crippen molar-refractivity contribution in [3.05, 3.63) is 11.7 Å². The normalized spacial score (nSPS) is 20.1. The first-order chi connectivity index (χ1) is 8.90. The highest BCUT2D eigenvalue weighted by atomic mass is 16.5. The van der Waals surface area contributed by atoms with Crippen LogP contribution in [-0.4, -0.2) is 23.8 Å². The van der Waals surface area contributed by atoms with Gasteiger partial charge < -0.3 is 15.0 Å². The van der Waals surface area contributed by atoms with Crippen LogP contribution in [0.2, 0.25) is 0 Å². The average molecular weight is 267 g/mol. The van der Waals surface area contributed by atoms with Gasteiger partial charge in [0.2, 0.25) is 11.7 Å². The third kappa shape index (κ3) is 2.98. The van der Waals surface area contributed by atoms with Gasteiger partial charge in [-0.2, -0.15) is 4.98 Å². The van der Waals surface area contributed by atoms with Crippen LogP contribution in [0.25, 0.3) is 0 Å². The highest BCUT2D eigenvalue weighted by Crippen LogP contribution is 2.43. The number of ether oxygens (including phenoxy) is 1. The summed E-state index contributed by atoms with van der Waals surface area (Å²) in [5.41, 5.74) is 5.72. The quantitative estimate of drug-likeness (QED) is 0.887. The van der Waals surface area contributed by atoms with Crippen LogP contribution in [0, 0.1) is 5.41 Å². The van der Waals surface area contributed by atoms with Crippen molar-refractivity contribution < 1.29 is 9.26 Å². The van der Waals surface area contributed by atoms with E-state index in [4.69, 9.17) is 15.0 Å². The molecule has 0 aromatic carbocycles. The van der Waals surface area contributed by atoms with Gasteiger partial charge in [0, 0.05) is 13.7 Å². The number of aromatic nitrogens is 2. The second kappa shape index (κ2) is 5.21. The van der Waals surface area contributed by atoms with E-state index >= 15 is 0 Å². The third-order valence-electron chi connectivity index (χ3n) is 3.89. The van der Waals surface area contributed by atoms with E-state index in [1.165, 1.54) is 0 Å². The Kier molecular flexibility index (Phi) is 3.97. The summed E-state index contributed by atoms with van der Waals surface area (Å²) in [6.07, 6.45) is 4.02. The molecule has 1 heterocycles. The Bertz CT molecular complexity index is 413. The molecule has 0 radical (unpaired) electrons. The van der Waals surface area contributed by atoms with Crippen LogP contribution >= 0.6 is 0 Å². The lowest BCUT2D eigenvalue weighted by atomic mass is 9.79. The topological polar surface area (TPSA) is 74.2 Å². The Labute approximate surface area is 114 Å². The van der Waals surface area contributed by atoms with E-state index in [1.54, 1.807) is 7.11 Å². The van der Waals surface area contributed by atoms with Gasteiger partial charge in [-0.1, -0.05) is 25.9 Å². The van der Waals surface area contributed by atoms with Crippen molar-refractivity contribution in [1.29, 1.82) is 0 Å². The molecule has 2 N–H and O–H groups in total. The van der Waals surface area contributed by atoms with Gasteiger partial charge in [-0.05, 0) is 31.1 Å². The molecule has 1 atom stereocenters. The molecule has 0 amide bonds. The first kappa shape index (κ1) is 14.5. The van der Waals surface area contributed by atoms with E-state index in [9.17, 15) is 0 Å². The minimum absolute atomic E-state index is 0.121. The Morgan fingerprint density at radius 2 is 2.11 bits per heavy atom. The Balaban J connectivity index is 2.15. The standard InChI is InChI=1S/C14H25N3O2/c1-13(2,3)8-10(9-15)11-16-12(17-19-11)14(18-4)6-5-7-14/h10H,5-9,15H2,1-4H3. The number of nitrogens with zero attached hydrogens (tertiary/aromatic N) is 2. The van der Waals surface area contributed by atoms with Crippen molar-refractivity contribution >= 4 is 0 Å². The molecule has 1 unspecified atom stereocenters. The summed E-state index contributed by atoms with van der Waals surface area (Å²) in [5, 5.41) is 4.11. The highest BCUT2D eigenvalue weighted by Gasteiger charge is 2.43. The van der Waals surface area contributed by atoms with E-state index in [1.807, 2.05) is 0 Å². The molecule has 1 fully saturated rings. The van der Waals surface area contributed by atoms with Gasteiger partial charge in [0.25, 0.3) is 0 Å². The van der Waals surface area contributed by atoms with E-state index in [2.05, 4.69) is 30.9 Å². The van der Waals surface area contributed by atoms with E-state index < -0.39 is 0 Å². The van der Waals surface area contributed by atoms with Gasteiger partial charge in [0.1, 0.15) is 5.60 Å². The zero-order valence-electron chi connectivity index (χ0n) is 12.4. The van der Waals surface area contributed by atoms with Crippen molar-refractivity contribution in [2.75, 3.05) is 13.7 Å². The van der Waals surface area contributed by atoms with Crippen LogP contribution in [0.1, 0.15) is 64.1 Å². The summed E-state index contributed by atoms with van der Waals surface area (Å²) in [4.78, 5) is 4.55. The van der Waals surface area contributed by atoms with E-state index in [-0.39, 0.29) is 16.9 Å². The third-order valence-corrected chi connectivity index (χ3v) is 3.89. The van der Waals surface area contributed by atoms with Crippen LogP contribution in [0.5, 0.6) is 0 Å². The van der Waals surface area contributed by atoms with Crippen LogP contribution < -0.4 is 5.73 Å². The lowest BCUT2D eigenvalue weighted by Gasteiger charge is -2.37. The maximum absolute atomic E-state index is 5.85. The van der Waals surface area contributed by atoms with Gasteiger partial charge in [0.05, 0.1) is 5.92 Å². The summed E-state index contributed by atoms with van der Waals surface area (Å²) in [6.45, 7) is 7.10. The summed E-state index contributed by atoms with van der Waals surface area (Å²) in [6, 6.07) is 0. The molecular weight excluding hydrogens is 242 g/mol. The van der Waals surface area contributed by atoms with Gasteiger partial charge in [-0.3, -0.25) is 0 Å². The fourth-order valence-corrected chi connectivity index (χ4v) is 2.61. The van der Waals surface area contributed by atoms with Gasteiger partial charge >= 0.3 is 0 Å². The molecule has 1 aliphatic carbocycles. The van der Waals surface area contributed by atoms with Gasteiger partial charge in [-0.15, -0.1) is 0 Å². The molecule has 1 aromatic heterocycles. The molecule has 0 saturated heterocycles. The minimum atomic E-state index is -0.317. The first-order valence-electron chi connectivity index (χ1n) is 6.99. The molecule has 1 aliphatic rings. The molecule has 0 spiro atoms. The van der Waals surface area contributed by atoms with Crippen molar-refractivity contribution in [3.63, 3.8) is 0 Å².